The Kier molecular flexibility index (Phi) is 3.12. The molecule has 0 aliphatic heterocycles. The van der Waals surface area contributed by atoms with E-state index in [-0.39, 0.29) is 6.04 Å². The molecular weight excluding hydrogens is 190 g/mol. The smallest absolute Gasteiger partial charge is 0.0950 e. The first-order valence-electron chi connectivity index (χ1n) is 5.67. The molecule has 3 heteroatoms. The molecule has 1 aliphatic rings. The second-order valence-electron chi connectivity index (χ2n) is 4.59. The Balaban J connectivity index is 1.83. The summed E-state index contributed by atoms with van der Waals surface area (Å²) in [5.74, 6) is 0. The van der Waals surface area contributed by atoms with Gasteiger partial charge in [-0.3, -0.25) is 0 Å². The van der Waals surface area contributed by atoms with E-state index in [1.165, 1.54) is 0 Å². The second kappa shape index (κ2) is 4.37. The summed E-state index contributed by atoms with van der Waals surface area (Å²) in [7, 11) is 0. The van der Waals surface area contributed by atoms with Crippen molar-refractivity contribution < 1.29 is 9.52 Å². The maximum Gasteiger partial charge on any atom is 0.0950 e. The van der Waals surface area contributed by atoms with Crippen molar-refractivity contribution in [2.75, 3.05) is 6.54 Å². The van der Waals surface area contributed by atoms with Crippen LogP contribution in [0.1, 0.15) is 44.2 Å². The first-order chi connectivity index (χ1) is 7.20. The minimum atomic E-state index is -0.474. The number of hydrogen-bond donors (Lipinski definition) is 2. The van der Waals surface area contributed by atoms with Gasteiger partial charge in [0.1, 0.15) is 0 Å². The van der Waals surface area contributed by atoms with Crippen LogP contribution < -0.4 is 5.32 Å². The zero-order valence-electron chi connectivity index (χ0n) is 9.20. The minimum absolute atomic E-state index is 0.244. The van der Waals surface area contributed by atoms with Gasteiger partial charge in [0.2, 0.25) is 0 Å². The largest absolute Gasteiger partial charge is 0.472 e. The first kappa shape index (κ1) is 10.7. The number of hydrogen-bond acceptors (Lipinski definition) is 3. The molecule has 0 amide bonds. The van der Waals surface area contributed by atoms with Gasteiger partial charge >= 0.3 is 0 Å². The third kappa shape index (κ3) is 2.61. The molecule has 0 bridgehead atoms. The summed E-state index contributed by atoms with van der Waals surface area (Å²) in [6.45, 7) is 2.77. The van der Waals surface area contributed by atoms with Crippen LogP contribution in [0.15, 0.2) is 23.0 Å². The molecule has 15 heavy (non-hydrogen) atoms. The van der Waals surface area contributed by atoms with E-state index >= 15 is 0 Å². The van der Waals surface area contributed by atoms with Gasteiger partial charge in [0, 0.05) is 18.2 Å². The lowest BCUT2D eigenvalue weighted by Gasteiger charge is -2.24. The Bertz CT molecular complexity index is 289. The molecule has 1 aliphatic carbocycles. The molecule has 1 aromatic heterocycles. The van der Waals surface area contributed by atoms with Crippen molar-refractivity contribution in [3.8, 4) is 0 Å². The summed E-state index contributed by atoms with van der Waals surface area (Å²) in [6.07, 6.45) is 7.58. The highest BCUT2D eigenvalue weighted by molar-refractivity contribution is 5.10. The van der Waals surface area contributed by atoms with Crippen molar-refractivity contribution in [3.63, 3.8) is 0 Å². The van der Waals surface area contributed by atoms with E-state index in [0.717, 1.165) is 31.2 Å². The zero-order valence-corrected chi connectivity index (χ0v) is 9.20. The van der Waals surface area contributed by atoms with Crippen LogP contribution in [-0.4, -0.2) is 17.3 Å². The molecule has 1 aromatic rings. The second-order valence-corrected chi connectivity index (χ2v) is 4.59. The lowest BCUT2D eigenvalue weighted by atomic mass is 10.0. The summed E-state index contributed by atoms with van der Waals surface area (Å²) in [5.41, 5.74) is 0.662. The fourth-order valence-corrected chi connectivity index (χ4v) is 2.19. The van der Waals surface area contributed by atoms with E-state index in [0.29, 0.717) is 6.54 Å². The van der Waals surface area contributed by atoms with E-state index in [4.69, 9.17) is 4.42 Å². The summed E-state index contributed by atoms with van der Waals surface area (Å²) >= 11 is 0. The van der Waals surface area contributed by atoms with Crippen molar-refractivity contribution in [2.45, 2.75) is 44.2 Å². The average molecular weight is 209 g/mol. The van der Waals surface area contributed by atoms with Crippen LogP contribution >= 0.6 is 0 Å². The van der Waals surface area contributed by atoms with E-state index in [1.54, 1.807) is 12.5 Å². The normalized spacial score (nSPS) is 21.7. The fourth-order valence-electron chi connectivity index (χ4n) is 2.19. The maximum absolute atomic E-state index is 10.2. The van der Waals surface area contributed by atoms with Gasteiger partial charge in [0.05, 0.1) is 18.1 Å². The van der Waals surface area contributed by atoms with E-state index in [9.17, 15) is 5.11 Å². The standard InChI is InChI=1S/C12H19NO2/c1-10(11-4-7-15-8-11)13-9-12(14)5-2-3-6-12/h4,7-8,10,13-14H,2-3,5-6,9H2,1H3. The highest BCUT2D eigenvalue weighted by atomic mass is 16.3. The Morgan fingerprint density at radius 1 is 1.53 bits per heavy atom. The van der Waals surface area contributed by atoms with Gasteiger partial charge in [-0.05, 0) is 25.8 Å². The van der Waals surface area contributed by atoms with Gasteiger partial charge < -0.3 is 14.8 Å². The summed E-state index contributed by atoms with van der Waals surface area (Å²) < 4.78 is 5.03. The average Bonchev–Trinajstić information content (AvgIpc) is 2.85. The number of furan rings is 1. The number of aliphatic hydroxyl groups is 1. The molecule has 2 N–H and O–H groups in total. The zero-order chi connectivity index (χ0) is 10.7. The Morgan fingerprint density at radius 2 is 2.27 bits per heavy atom. The van der Waals surface area contributed by atoms with Crippen LogP contribution in [0, 0.1) is 0 Å². The topological polar surface area (TPSA) is 45.4 Å². The highest BCUT2D eigenvalue weighted by Crippen LogP contribution is 2.29. The quantitative estimate of drug-likeness (QED) is 0.799. The first-order valence-corrected chi connectivity index (χ1v) is 5.67. The van der Waals surface area contributed by atoms with Crippen LogP contribution in [0.5, 0.6) is 0 Å². The summed E-state index contributed by atoms with van der Waals surface area (Å²) in [5, 5.41) is 13.5. The fraction of sp³-hybridized carbons (Fsp3) is 0.667. The summed E-state index contributed by atoms with van der Waals surface area (Å²) in [4.78, 5) is 0. The molecule has 84 valence electrons. The molecule has 0 radical (unpaired) electrons. The Labute approximate surface area is 90.5 Å². The molecule has 1 fully saturated rings. The van der Waals surface area contributed by atoms with Gasteiger partial charge in [0.15, 0.2) is 0 Å². The van der Waals surface area contributed by atoms with Gasteiger partial charge in [-0.1, -0.05) is 12.8 Å². The Morgan fingerprint density at radius 3 is 2.87 bits per heavy atom. The van der Waals surface area contributed by atoms with Crippen LogP contribution in [-0.2, 0) is 0 Å². The molecule has 0 aromatic carbocycles. The minimum Gasteiger partial charge on any atom is -0.472 e. The third-order valence-electron chi connectivity index (χ3n) is 3.31. The SMILES string of the molecule is CC(NCC1(O)CCCC1)c1ccoc1. The van der Waals surface area contributed by atoms with Gasteiger partial charge in [0.25, 0.3) is 0 Å². The van der Waals surface area contributed by atoms with Crippen molar-refractivity contribution in [2.24, 2.45) is 0 Å². The van der Waals surface area contributed by atoms with E-state index in [1.807, 2.05) is 6.07 Å². The predicted molar refractivity (Wildman–Crippen MR) is 58.5 cm³/mol. The number of nitrogens with one attached hydrogen (secondary N) is 1. The predicted octanol–water partition coefficient (Wildman–Crippen LogP) is 2.24. The molecule has 2 rings (SSSR count). The van der Waals surface area contributed by atoms with Gasteiger partial charge in [-0.2, -0.15) is 0 Å². The van der Waals surface area contributed by atoms with Gasteiger partial charge in [-0.25, -0.2) is 0 Å². The summed E-state index contributed by atoms with van der Waals surface area (Å²) in [6, 6.07) is 2.20. The van der Waals surface area contributed by atoms with Crippen LogP contribution in [0.3, 0.4) is 0 Å². The van der Waals surface area contributed by atoms with Crippen LogP contribution in [0.4, 0.5) is 0 Å². The monoisotopic (exact) mass is 209 g/mol. The Hall–Kier alpha value is -0.800. The molecule has 1 unspecified atom stereocenters. The highest BCUT2D eigenvalue weighted by Gasteiger charge is 2.31. The molecule has 1 saturated carbocycles. The molecule has 1 atom stereocenters. The number of rotatable bonds is 4. The van der Waals surface area contributed by atoms with Crippen LogP contribution in [0.25, 0.3) is 0 Å². The van der Waals surface area contributed by atoms with Crippen molar-refractivity contribution in [3.05, 3.63) is 24.2 Å². The van der Waals surface area contributed by atoms with Crippen molar-refractivity contribution in [1.29, 1.82) is 0 Å². The molecule has 0 spiro atoms. The van der Waals surface area contributed by atoms with Gasteiger partial charge in [-0.15, -0.1) is 0 Å². The maximum atomic E-state index is 10.2. The lowest BCUT2D eigenvalue weighted by molar-refractivity contribution is 0.0453. The lowest BCUT2D eigenvalue weighted by Crippen LogP contribution is -2.38. The third-order valence-corrected chi connectivity index (χ3v) is 3.31. The van der Waals surface area contributed by atoms with Crippen molar-refractivity contribution in [1.82, 2.24) is 5.32 Å². The molecule has 0 saturated heterocycles. The van der Waals surface area contributed by atoms with Crippen molar-refractivity contribution >= 4 is 0 Å². The molecular formula is C12H19NO2. The molecule has 3 nitrogen and oxygen atoms in total. The van der Waals surface area contributed by atoms with E-state index < -0.39 is 5.60 Å². The van der Waals surface area contributed by atoms with E-state index in [2.05, 4.69) is 12.2 Å². The molecule has 1 heterocycles. The van der Waals surface area contributed by atoms with Crippen LogP contribution in [0.2, 0.25) is 0 Å².